The fourth-order valence-corrected chi connectivity index (χ4v) is 3.21. The van der Waals surface area contributed by atoms with E-state index >= 15 is 0 Å². The van der Waals surface area contributed by atoms with Crippen molar-refractivity contribution in [3.8, 4) is 6.07 Å². The second-order valence-corrected chi connectivity index (χ2v) is 7.06. The molecule has 0 fully saturated rings. The molecule has 0 atom stereocenters. The molecule has 1 N–H and O–H groups in total. The van der Waals surface area contributed by atoms with Gasteiger partial charge in [0, 0.05) is 40.8 Å². The molecule has 1 amide bonds. The largest absolute Gasteiger partial charge is 0.347 e. The lowest BCUT2D eigenvalue weighted by molar-refractivity contribution is -0.117. The summed E-state index contributed by atoms with van der Waals surface area (Å²) in [6, 6.07) is 17.3. The molecular weight excluding hydrogens is 370 g/mol. The van der Waals surface area contributed by atoms with Gasteiger partial charge < -0.3 is 9.88 Å². The number of rotatable bonds is 7. The first-order chi connectivity index (χ1) is 13.6. The van der Waals surface area contributed by atoms with Gasteiger partial charge in [0.25, 0.3) is 5.91 Å². The van der Waals surface area contributed by atoms with Crippen molar-refractivity contribution in [3.05, 3.63) is 76.5 Å². The molecular formula is C23H22ClN3O. The van der Waals surface area contributed by atoms with Crippen LogP contribution in [-0.4, -0.2) is 10.5 Å². The number of fused-ring (bicyclic) bond motifs is 1. The monoisotopic (exact) mass is 391 g/mol. The molecule has 4 nitrogen and oxygen atoms in total. The van der Waals surface area contributed by atoms with Crippen LogP contribution in [0.5, 0.6) is 0 Å². The summed E-state index contributed by atoms with van der Waals surface area (Å²) in [5.41, 5.74) is 3.00. The van der Waals surface area contributed by atoms with Gasteiger partial charge in [-0.2, -0.15) is 5.26 Å². The van der Waals surface area contributed by atoms with Gasteiger partial charge in [-0.05, 0) is 36.3 Å². The van der Waals surface area contributed by atoms with E-state index in [9.17, 15) is 10.1 Å². The van der Waals surface area contributed by atoms with Crippen LogP contribution in [0.4, 0.5) is 0 Å². The number of hydrogen-bond donors (Lipinski definition) is 1. The van der Waals surface area contributed by atoms with Crippen molar-refractivity contribution in [2.24, 2.45) is 0 Å². The Morgan fingerprint density at radius 1 is 1.21 bits per heavy atom. The molecule has 142 valence electrons. The first-order valence-corrected chi connectivity index (χ1v) is 9.72. The van der Waals surface area contributed by atoms with Crippen molar-refractivity contribution in [1.29, 1.82) is 5.26 Å². The van der Waals surface area contributed by atoms with Crippen molar-refractivity contribution in [2.75, 3.05) is 0 Å². The Morgan fingerprint density at radius 3 is 2.68 bits per heavy atom. The molecule has 0 saturated heterocycles. The number of benzene rings is 2. The molecule has 1 heterocycles. The molecule has 0 radical (unpaired) electrons. The van der Waals surface area contributed by atoms with Crippen LogP contribution in [0, 0.1) is 11.3 Å². The summed E-state index contributed by atoms with van der Waals surface area (Å²) in [6.07, 6.45) is 5.87. The number of carbonyl (C=O) groups excluding carboxylic acids is 1. The number of halogens is 1. The van der Waals surface area contributed by atoms with E-state index in [0.29, 0.717) is 11.6 Å². The standard InChI is InChI=1S/C23H22ClN3O/c1-2-3-12-27-16-19(21-6-4-5-7-22(21)27)13-18(14-25)23(28)26-15-17-8-10-20(24)11-9-17/h4-11,13,16H,2-3,12,15H2,1H3,(H,26,28). The summed E-state index contributed by atoms with van der Waals surface area (Å²) in [5, 5.41) is 14.0. The predicted octanol–water partition coefficient (Wildman–Crippen LogP) is 5.32. The number of nitrogens with zero attached hydrogens (tertiary/aromatic N) is 2. The fourth-order valence-electron chi connectivity index (χ4n) is 3.09. The van der Waals surface area contributed by atoms with Crippen LogP contribution in [-0.2, 0) is 17.9 Å². The van der Waals surface area contributed by atoms with Gasteiger partial charge in [0.2, 0.25) is 0 Å². The van der Waals surface area contributed by atoms with E-state index in [1.54, 1.807) is 18.2 Å². The lowest BCUT2D eigenvalue weighted by Crippen LogP contribution is -2.23. The SMILES string of the molecule is CCCCn1cc(C=C(C#N)C(=O)NCc2ccc(Cl)cc2)c2ccccc21. The summed E-state index contributed by atoms with van der Waals surface area (Å²) >= 11 is 5.88. The number of hydrogen-bond acceptors (Lipinski definition) is 2. The van der Waals surface area contributed by atoms with Gasteiger partial charge in [0.05, 0.1) is 0 Å². The molecule has 0 bridgehead atoms. The van der Waals surface area contributed by atoms with Gasteiger partial charge in [-0.1, -0.05) is 55.3 Å². The van der Waals surface area contributed by atoms with Crippen molar-refractivity contribution in [1.82, 2.24) is 9.88 Å². The van der Waals surface area contributed by atoms with Crippen LogP contribution in [0.15, 0.2) is 60.3 Å². The van der Waals surface area contributed by atoms with Gasteiger partial charge >= 0.3 is 0 Å². The lowest BCUT2D eigenvalue weighted by Gasteiger charge is -2.04. The second kappa shape index (κ2) is 9.25. The highest BCUT2D eigenvalue weighted by Crippen LogP contribution is 2.24. The molecule has 5 heteroatoms. The molecule has 3 rings (SSSR count). The topological polar surface area (TPSA) is 57.8 Å². The first kappa shape index (κ1) is 19.7. The highest BCUT2D eigenvalue weighted by atomic mass is 35.5. The van der Waals surface area contributed by atoms with Crippen molar-refractivity contribution in [2.45, 2.75) is 32.9 Å². The highest BCUT2D eigenvalue weighted by molar-refractivity contribution is 6.30. The predicted molar refractivity (Wildman–Crippen MR) is 114 cm³/mol. The van der Waals surface area contributed by atoms with Gasteiger partial charge in [-0.25, -0.2) is 0 Å². The minimum Gasteiger partial charge on any atom is -0.347 e. The third-order valence-corrected chi connectivity index (χ3v) is 4.86. The third kappa shape index (κ3) is 4.62. The molecule has 0 spiro atoms. The number of unbranched alkanes of at least 4 members (excludes halogenated alkanes) is 1. The normalized spacial score (nSPS) is 11.4. The van der Waals surface area contributed by atoms with E-state index in [1.807, 2.05) is 42.6 Å². The van der Waals surface area contributed by atoms with Crippen LogP contribution in [0.25, 0.3) is 17.0 Å². The molecule has 2 aromatic carbocycles. The number of nitrogens with one attached hydrogen (secondary N) is 1. The van der Waals surface area contributed by atoms with E-state index in [-0.39, 0.29) is 11.5 Å². The molecule has 0 aliphatic carbocycles. The zero-order chi connectivity index (χ0) is 19.9. The summed E-state index contributed by atoms with van der Waals surface area (Å²) < 4.78 is 2.19. The van der Waals surface area contributed by atoms with Crippen molar-refractivity contribution < 1.29 is 4.79 Å². The average Bonchev–Trinajstić information content (AvgIpc) is 3.07. The van der Waals surface area contributed by atoms with Crippen LogP contribution in [0.2, 0.25) is 5.02 Å². The van der Waals surface area contributed by atoms with E-state index in [4.69, 9.17) is 11.6 Å². The number of amides is 1. The van der Waals surface area contributed by atoms with Crippen LogP contribution >= 0.6 is 11.6 Å². The van der Waals surface area contributed by atoms with Gasteiger partial charge in [-0.3, -0.25) is 4.79 Å². The Hall–Kier alpha value is -3.03. The Morgan fingerprint density at radius 2 is 1.96 bits per heavy atom. The van der Waals surface area contributed by atoms with Gasteiger partial charge in [0.1, 0.15) is 11.6 Å². The van der Waals surface area contributed by atoms with Gasteiger partial charge in [-0.15, -0.1) is 0 Å². The minimum absolute atomic E-state index is 0.0901. The Labute approximate surface area is 170 Å². The van der Waals surface area contributed by atoms with E-state index in [2.05, 4.69) is 22.9 Å². The Balaban J connectivity index is 1.82. The van der Waals surface area contributed by atoms with Crippen LogP contribution in [0.3, 0.4) is 0 Å². The Kier molecular flexibility index (Phi) is 6.52. The molecule has 1 aromatic heterocycles. The quantitative estimate of drug-likeness (QED) is 0.437. The summed E-state index contributed by atoms with van der Waals surface area (Å²) in [7, 11) is 0. The number of carbonyl (C=O) groups is 1. The van der Waals surface area contributed by atoms with Crippen molar-refractivity contribution >= 4 is 34.5 Å². The second-order valence-electron chi connectivity index (χ2n) is 6.63. The van der Waals surface area contributed by atoms with E-state index in [1.165, 1.54) is 0 Å². The summed E-state index contributed by atoms with van der Waals surface area (Å²) in [6.45, 7) is 3.41. The first-order valence-electron chi connectivity index (χ1n) is 9.34. The van der Waals surface area contributed by atoms with Crippen LogP contribution < -0.4 is 5.32 Å². The molecule has 0 unspecified atom stereocenters. The maximum Gasteiger partial charge on any atom is 0.262 e. The zero-order valence-electron chi connectivity index (χ0n) is 15.8. The van der Waals surface area contributed by atoms with Gasteiger partial charge in [0.15, 0.2) is 0 Å². The van der Waals surface area contributed by atoms with E-state index in [0.717, 1.165) is 41.4 Å². The minimum atomic E-state index is -0.386. The summed E-state index contributed by atoms with van der Waals surface area (Å²) in [4.78, 5) is 12.5. The molecule has 0 aliphatic rings. The molecule has 0 aliphatic heterocycles. The fraction of sp³-hybridized carbons (Fsp3) is 0.217. The average molecular weight is 392 g/mol. The smallest absolute Gasteiger partial charge is 0.262 e. The number of para-hydroxylation sites is 1. The lowest BCUT2D eigenvalue weighted by atomic mass is 10.1. The molecule has 0 saturated carbocycles. The number of nitriles is 1. The number of aromatic nitrogens is 1. The van der Waals surface area contributed by atoms with Crippen LogP contribution in [0.1, 0.15) is 30.9 Å². The summed E-state index contributed by atoms with van der Waals surface area (Å²) in [5.74, 6) is -0.386. The van der Waals surface area contributed by atoms with Crippen molar-refractivity contribution in [3.63, 3.8) is 0 Å². The maximum atomic E-state index is 12.5. The number of aryl methyl sites for hydroxylation is 1. The molecule has 3 aromatic rings. The highest BCUT2D eigenvalue weighted by Gasteiger charge is 2.12. The zero-order valence-corrected chi connectivity index (χ0v) is 16.5. The third-order valence-electron chi connectivity index (χ3n) is 4.60. The molecule has 28 heavy (non-hydrogen) atoms. The Bertz CT molecular complexity index is 1040. The van der Waals surface area contributed by atoms with E-state index < -0.39 is 0 Å². The maximum absolute atomic E-state index is 12.5.